The van der Waals surface area contributed by atoms with Crippen LogP contribution in [-0.4, -0.2) is 43.2 Å². The molecule has 0 aromatic rings. The molecule has 0 amide bonds. The van der Waals surface area contributed by atoms with E-state index in [-0.39, 0.29) is 0 Å². The summed E-state index contributed by atoms with van der Waals surface area (Å²) in [6.45, 7) is 9.62. The second kappa shape index (κ2) is 6.70. The fraction of sp³-hybridized carbons (Fsp3) is 0.909. The lowest BCUT2D eigenvalue weighted by atomic mass is 10.2. The highest BCUT2D eigenvalue weighted by molar-refractivity contribution is 5.79. The third-order valence-electron chi connectivity index (χ3n) is 2.71. The molecule has 5 heteroatoms. The van der Waals surface area contributed by atoms with Crippen molar-refractivity contribution in [2.75, 3.05) is 26.3 Å². The fourth-order valence-corrected chi connectivity index (χ4v) is 1.76. The molecule has 1 saturated heterocycles. The maximum absolute atomic E-state index is 5.54. The normalized spacial score (nSPS) is 22.7. The number of hydrogen-bond donors (Lipinski definition) is 2. The second-order valence-electron chi connectivity index (χ2n) is 4.53. The van der Waals surface area contributed by atoms with Crippen LogP contribution >= 0.6 is 0 Å². The topological polar surface area (TPSA) is 62.9 Å². The van der Waals surface area contributed by atoms with Crippen LogP contribution in [0.2, 0.25) is 0 Å². The maximum atomic E-state index is 5.54. The first kappa shape index (κ1) is 13.3. The zero-order valence-electron chi connectivity index (χ0n) is 10.6. The Labute approximate surface area is 98.0 Å². The van der Waals surface area contributed by atoms with E-state index in [1.165, 1.54) is 0 Å². The number of hydrazine groups is 1. The average Bonchev–Trinajstić information content (AvgIpc) is 2.30. The Kier molecular flexibility index (Phi) is 5.55. The van der Waals surface area contributed by atoms with Crippen molar-refractivity contribution in [2.45, 2.75) is 33.2 Å². The molecule has 94 valence electrons. The molecule has 1 aliphatic heterocycles. The minimum atomic E-state index is 0.385. The van der Waals surface area contributed by atoms with E-state index in [1.807, 2.05) is 0 Å². The molecule has 0 aliphatic carbocycles. The van der Waals surface area contributed by atoms with Crippen LogP contribution in [0.5, 0.6) is 0 Å². The quantitative estimate of drug-likeness (QED) is 0.321. The van der Waals surface area contributed by atoms with Gasteiger partial charge in [-0.25, -0.2) is 5.84 Å². The molecule has 1 atom stereocenters. The number of morpholine rings is 1. The summed E-state index contributed by atoms with van der Waals surface area (Å²) in [5, 5.41) is 0. The van der Waals surface area contributed by atoms with E-state index < -0.39 is 0 Å². The van der Waals surface area contributed by atoms with Crippen molar-refractivity contribution in [2.24, 2.45) is 16.8 Å². The van der Waals surface area contributed by atoms with Crippen LogP contribution in [0.3, 0.4) is 0 Å². The van der Waals surface area contributed by atoms with Gasteiger partial charge in [-0.1, -0.05) is 20.8 Å². The van der Waals surface area contributed by atoms with Crippen LogP contribution in [-0.2, 0) is 4.74 Å². The number of aliphatic imine (C=N–C) groups is 1. The number of nitrogens with zero attached hydrogens (tertiary/aromatic N) is 2. The SMILES string of the molecule is CCC1COCCN1C(=NCC(C)C)NN. The molecule has 0 bridgehead atoms. The first-order chi connectivity index (χ1) is 7.69. The third kappa shape index (κ3) is 3.64. The molecule has 0 saturated carbocycles. The predicted molar refractivity (Wildman–Crippen MR) is 66.1 cm³/mol. The highest BCUT2D eigenvalue weighted by Crippen LogP contribution is 2.10. The Morgan fingerprint density at radius 3 is 2.94 bits per heavy atom. The molecule has 1 heterocycles. The average molecular weight is 228 g/mol. The van der Waals surface area contributed by atoms with Gasteiger partial charge in [-0.05, 0) is 12.3 Å². The van der Waals surface area contributed by atoms with E-state index >= 15 is 0 Å². The van der Waals surface area contributed by atoms with Gasteiger partial charge in [-0.15, -0.1) is 0 Å². The van der Waals surface area contributed by atoms with E-state index in [2.05, 4.69) is 36.1 Å². The summed E-state index contributed by atoms with van der Waals surface area (Å²) < 4.78 is 5.46. The van der Waals surface area contributed by atoms with Crippen molar-refractivity contribution in [1.82, 2.24) is 10.3 Å². The van der Waals surface area contributed by atoms with E-state index in [1.54, 1.807) is 0 Å². The van der Waals surface area contributed by atoms with E-state index in [9.17, 15) is 0 Å². The molecule has 1 unspecified atom stereocenters. The minimum Gasteiger partial charge on any atom is -0.377 e. The van der Waals surface area contributed by atoms with Gasteiger partial charge in [-0.3, -0.25) is 10.4 Å². The van der Waals surface area contributed by atoms with Crippen molar-refractivity contribution in [3.8, 4) is 0 Å². The molecular formula is C11H24N4O. The number of nitrogens with one attached hydrogen (secondary N) is 1. The summed E-state index contributed by atoms with van der Waals surface area (Å²) in [5.41, 5.74) is 2.71. The van der Waals surface area contributed by atoms with Crippen LogP contribution in [0.1, 0.15) is 27.2 Å². The Hall–Kier alpha value is -0.810. The van der Waals surface area contributed by atoms with Crippen molar-refractivity contribution in [3.05, 3.63) is 0 Å². The van der Waals surface area contributed by atoms with E-state index in [0.29, 0.717) is 12.0 Å². The van der Waals surface area contributed by atoms with Crippen molar-refractivity contribution in [1.29, 1.82) is 0 Å². The summed E-state index contributed by atoms with van der Waals surface area (Å²) in [5.74, 6) is 6.88. The molecule has 3 N–H and O–H groups in total. The van der Waals surface area contributed by atoms with Gasteiger partial charge in [0, 0.05) is 13.1 Å². The van der Waals surface area contributed by atoms with Crippen LogP contribution in [0.25, 0.3) is 0 Å². The van der Waals surface area contributed by atoms with E-state index in [0.717, 1.165) is 38.7 Å². The smallest absolute Gasteiger partial charge is 0.208 e. The summed E-state index contributed by atoms with van der Waals surface area (Å²) >= 11 is 0. The molecule has 1 fully saturated rings. The molecule has 0 aromatic carbocycles. The Bertz CT molecular complexity index is 230. The van der Waals surface area contributed by atoms with Gasteiger partial charge in [0.2, 0.25) is 5.96 Å². The summed E-state index contributed by atoms with van der Waals surface area (Å²) in [7, 11) is 0. The minimum absolute atomic E-state index is 0.385. The second-order valence-corrected chi connectivity index (χ2v) is 4.53. The van der Waals surface area contributed by atoms with Crippen LogP contribution in [0.15, 0.2) is 4.99 Å². The lowest BCUT2D eigenvalue weighted by molar-refractivity contribution is 0.0234. The lowest BCUT2D eigenvalue weighted by Gasteiger charge is -2.36. The van der Waals surface area contributed by atoms with Crippen LogP contribution in [0, 0.1) is 5.92 Å². The van der Waals surface area contributed by atoms with Crippen molar-refractivity contribution in [3.63, 3.8) is 0 Å². The van der Waals surface area contributed by atoms with Crippen molar-refractivity contribution < 1.29 is 4.74 Å². The molecular weight excluding hydrogens is 204 g/mol. The molecule has 1 rings (SSSR count). The largest absolute Gasteiger partial charge is 0.377 e. The number of hydrogen-bond acceptors (Lipinski definition) is 3. The van der Waals surface area contributed by atoms with E-state index in [4.69, 9.17) is 10.6 Å². The third-order valence-corrected chi connectivity index (χ3v) is 2.71. The van der Waals surface area contributed by atoms with Gasteiger partial charge in [0.25, 0.3) is 0 Å². The van der Waals surface area contributed by atoms with Gasteiger partial charge >= 0.3 is 0 Å². The fourth-order valence-electron chi connectivity index (χ4n) is 1.76. The van der Waals surface area contributed by atoms with Gasteiger partial charge in [0.1, 0.15) is 0 Å². The van der Waals surface area contributed by atoms with Gasteiger partial charge in [0.15, 0.2) is 0 Å². The zero-order valence-corrected chi connectivity index (χ0v) is 10.6. The lowest BCUT2D eigenvalue weighted by Crippen LogP contribution is -2.54. The zero-order chi connectivity index (χ0) is 12.0. The standard InChI is InChI=1S/C11H24N4O/c1-4-10-8-16-6-5-15(10)11(14-12)13-7-9(2)3/h9-10H,4-8,12H2,1-3H3,(H,13,14). The summed E-state index contributed by atoms with van der Waals surface area (Å²) in [4.78, 5) is 6.73. The Morgan fingerprint density at radius 2 is 2.38 bits per heavy atom. The number of guanidine groups is 1. The van der Waals surface area contributed by atoms with Crippen molar-refractivity contribution >= 4 is 5.96 Å². The Morgan fingerprint density at radius 1 is 1.62 bits per heavy atom. The highest BCUT2D eigenvalue weighted by Gasteiger charge is 2.23. The first-order valence-electron chi connectivity index (χ1n) is 6.04. The van der Waals surface area contributed by atoms with Crippen LogP contribution in [0.4, 0.5) is 0 Å². The van der Waals surface area contributed by atoms with Gasteiger partial charge < -0.3 is 9.64 Å². The maximum Gasteiger partial charge on any atom is 0.208 e. The molecule has 1 aliphatic rings. The van der Waals surface area contributed by atoms with Gasteiger partial charge in [0.05, 0.1) is 19.3 Å². The molecule has 0 aromatic heterocycles. The number of ether oxygens (including phenoxy) is 1. The summed E-state index contributed by atoms with van der Waals surface area (Å²) in [6, 6.07) is 0.385. The first-order valence-corrected chi connectivity index (χ1v) is 6.04. The molecule has 5 nitrogen and oxygen atoms in total. The van der Waals surface area contributed by atoms with Gasteiger partial charge in [-0.2, -0.15) is 0 Å². The monoisotopic (exact) mass is 228 g/mol. The number of rotatable bonds is 3. The number of nitrogens with two attached hydrogens (primary N) is 1. The Balaban J connectivity index is 2.65. The molecule has 0 radical (unpaired) electrons. The van der Waals surface area contributed by atoms with Crippen LogP contribution < -0.4 is 11.3 Å². The molecule has 0 spiro atoms. The highest BCUT2D eigenvalue weighted by atomic mass is 16.5. The summed E-state index contributed by atoms with van der Waals surface area (Å²) in [6.07, 6.45) is 1.04. The molecule has 16 heavy (non-hydrogen) atoms. The predicted octanol–water partition coefficient (Wildman–Crippen LogP) is 0.573.